The third-order valence-electron chi connectivity index (χ3n) is 3.84. The van der Waals surface area contributed by atoms with Gasteiger partial charge in [0.05, 0.1) is 11.2 Å². The molecule has 3 rings (SSSR count). The minimum atomic E-state index is -0.717. The zero-order valence-corrected chi connectivity index (χ0v) is 9.36. The number of nitrogens with one attached hydrogen (secondary N) is 1. The average Bonchev–Trinajstić information content (AvgIpc) is 2.51. The molecule has 1 aliphatic carbocycles. The molecule has 3 atom stereocenters. The van der Waals surface area contributed by atoms with E-state index in [-0.39, 0.29) is 11.5 Å². The molecule has 0 radical (unpaired) electrons. The standard InChI is InChI=1S/C12H16FN3/c1-12-5-2-9(11(12)13)8-16(15-12)10-3-6-14-7-4-10/h3-4,6-7,9,11,15H,2,5,8H2,1H3. The lowest BCUT2D eigenvalue weighted by molar-refractivity contribution is 0.124. The van der Waals surface area contributed by atoms with Crippen LogP contribution < -0.4 is 10.4 Å². The first-order valence-corrected chi connectivity index (χ1v) is 5.78. The van der Waals surface area contributed by atoms with E-state index in [1.165, 1.54) is 0 Å². The number of aromatic nitrogens is 1. The van der Waals surface area contributed by atoms with E-state index in [4.69, 9.17) is 0 Å². The molecule has 1 aromatic rings. The Balaban J connectivity index is 1.87. The van der Waals surface area contributed by atoms with Crippen LogP contribution in [-0.2, 0) is 0 Å². The minimum Gasteiger partial charge on any atom is -0.307 e. The maximum absolute atomic E-state index is 14.0. The van der Waals surface area contributed by atoms with Gasteiger partial charge >= 0.3 is 0 Å². The smallest absolute Gasteiger partial charge is 0.124 e. The van der Waals surface area contributed by atoms with Crippen LogP contribution in [0.1, 0.15) is 19.8 Å². The molecule has 1 saturated carbocycles. The van der Waals surface area contributed by atoms with Crippen LogP contribution in [0.2, 0.25) is 0 Å². The molecule has 2 fully saturated rings. The van der Waals surface area contributed by atoms with E-state index < -0.39 is 6.17 Å². The predicted molar refractivity (Wildman–Crippen MR) is 60.7 cm³/mol. The van der Waals surface area contributed by atoms with Crippen molar-refractivity contribution >= 4 is 5.69 Å². The maximum atomic E-state index is 14.0. The van der Waals surface area contributed by atoms with Gasteiger partial charge in [0.25, 0.3) is 0 Å². The third-order valence-corrected chi connectivity index (χ3v) is 3.84. The Hall–Kier alpha value is -1.16. The van der Waals surface area contributed by atoms with Crippen LogP contribution in [0.5, 0.6) is 0 Å². The monoisotopic (exact) mass is 221 g/mol. The minimum absolute atomic E-state index is 0.166. The quantitative estimate of drug-likeness (QED) is 0.785. The van der Waals surface area contributed by atoms with Crippen molar-refractivity contribution in [1.82, 2.24) is 10.4 Å². The summed E-state index contributed by atoms with van der Waals surface area (Å²) >= 11 is 0. The molecule has 1 saturated heterocycles. The number of hydrogen-bond acceptors (Lipinski definition) is 3. The van der Waals surface area contributed by atoms with Crippen LogP contribution in [0.15, 0.2) is 24.5 Å². The van der Waals surface area contributed by atoms with Crippen molar-refractivity contribution in [2.45, 2.75) is 31.5 Å². The predicted octanol–water partition coefficient (Wildman–Crippen LogP) is 1.91. The second-order valence-electron chi connectivity index (χ2n) is 5.05. The first kappa shape index (κ1) is 10.0. The molecular weight excluding hydrogens is 205 g/mol. The van der Waals surface area contributed by atoms with Gasteiger partial charge in [-0.05, 0) is 31.9 Å². The highest BCUT2D eigenvalue weighted by atomic mass is 19.1. The number of fused-ring (bicyclic) bond motifs is 2. The van der Waals surface area contributed by atoms with E-state index >= 15 is 0 Å². The second-order valence-corrected chi connectivity index (χ2v) is 5.05. The molecule has 0 spiro atoms. The normalized spacial score (nSPS) is 37.8. The summed E-state index contributed by atoms with van der Waals surface area (Å²) in [5.41, 5.74) is 4.00. The molecule has 1 aromatic heterocycles. The fraction of sp³-hybridized carbons (Fsp3) is 0.583. The van der Waals surface area contributed by atoms with E-state index in [9.17, 15) is 4.39 Å². The highest BCUT2D eigenvalue weighted by Crippen LogP contribution is 2.41. The molecule has 4 heteroatoms. The van der Waals surface area contributed by atoms with Crippen molar-refractivity contribution in [2.24, 2.45) is 5.92 Å². The molecule has 16 heavy (non-hydrogen) atoms. The molecule has 3 nitrogen and oxygen atoms in total. The van der Waals surface area contributed by atoms with Crippen molar-refractivity contribution in [2.75, 3.05) is 11.6 Å². The van der Waals surface area contributed by atoms with Gasteiger partial charge in [0.1, 0.15) is 6.17 Å². The van der Waals surface area contributed by atoms with Crippen LogP contribution in [0.3, 0.4) is 0 Å². The Morgan fingerprint density at radius 3 is 2.94 bits per heavy atom. The van der Waals surface area contributed by atoms with Gasteiger partial charge in [0, 0.05) is 24.9 Å². The van der Waals surface area contributed by atoms with Crippen LogP contribution in [0.25, 0.3) is 0 Å². The molecule has 3 unspecified atom stereocenters. The van der Waals surface area contributed by atoms with Crippen LogP contribution in [0, 0.1) is 5.92 Å². The molecule has 1 N–H and O–H groups in total. The van der Waals surface area contributed by atoms with E-state index in [1.54, 1.807) is 12.4 Å². The number of alkyl halides is 1. The number of pyridine rings is 1. The van der Waals surface area contributed by atoms with Gasteiger partial charge in [-0.3, -0.25) is 4.98 Å². The van der Waals surface area contributed by atoms with Gasteiger partial charge in [-0.25, -0.2) is 9.82 Å². The number of nitrogens with zero attached hydrogens (tertiary/aromatic N) is 2. The zero-order chi connectivity index (χ0) is 11.2. The van der Waals surface area contributed by atoms with E-state index in [2.05, 4.69) is 15.4 Å². The number of hydrogen-bond donors (Lipinski definition) is 1. The SMILES string of the molecule is CC12CCC(CN(c3ccncc3)N1)C2F. The van der Waals surface area contributed by atoms with Crippen LogP contribution in [-0.4, -0.2) is 23.2 Å². The highest BCUT2D eigenvalue weighted by molar-refractivity contribution is 5.45. The number of hydrazine groups is 1. The summed E-state index contributed by atoms with van der Waals surface area (Å²) in [7, 11) is 0. The van der Waals surface area contributed by atoms with Crippen LogP contribution >= 0.6 is 0 Å². The number of halogens is 1. The first-order valence-electron chi connectivity index (χ1n) is 5.78. The Morgan fingerprint density at radius 2 is 2.25 bits per heavy atom. The third kappa shape index (κ3) is 1.40. The van der Waals surface area contributed by atoms with Gasteiger partial charge in [-0.2, -0.15) is 0 Å². The second kappa shape index (κ2) is 3.42. The van der Waals surface area contributed by atoms with Crippen LogP contribution in [0.4, 0.5) is 10.1 Å². The van der Waals surface area contributed by atoms with E-state index in [1.807, 2.05) is 19.1 Å². The summed E-state index contributed by atoms with van der Waals surface area (Å²) < 4.78 is 14.0. The van der Waals surface area contributed by atoms with E-state index in [0.29, 0.717) is 0 Å². The summed E-state index contributed by atoms with van der Waals surface area (Å²) in [5.74, 6) is 0.166. The maximum Gasteiger partial charge on any atom is 0.124 e. The van der Waals surface area contributed by atoms with Crippen molar-refractivity contribution in [3.8, 4) is 0 Å². The molecule has 86 valence electrons. The summed E-state index contributed by atoms with van der Waals surface area (Å²) in [4.78, 5) is 4.00. The molecule has 2 bridgehead atoms. The van der Waals surface area contributed by atoms with Crippen molar-refractivity contribution < 1.29 is 4.39 Å². The Labute approximate surface area is 94.6 Å². The first-order chi connectivity index (χ1) is 7.69. The lowest BCUT2D eigenvalue weighted by atomic mass is 9.94. The molecule has 2 aliphatic rings. The summed E-state index contributed by atoms with van der Waals surface area (Å²) in [6.07, 6.45) is 4.71. The fourth-order valence-corrected chi connectivity index (χ4v) is 2.87. The fourth-order valence-electron chi connectivity index (χ4n) is 2.87. The Bertz CT molecular complexity index is 383. The largest absolute Gasteiger partial charge is 0.307 e. The van der Waals surface area contributed by atoms with Gasteiger partial charge in [0.15, 0.2) is 0 Å². The zero-order valence-electron chi connectivity index (χ0n) is 9.36. The molecular formula is C12H16FN3. The number of rotatable bonds is 1. The molecule has 0 amide bonds. The van der Waals surface area contributed by atoms with Crippen molar-refractivity contribution in [3.63, 3.8) is 0 Å². The lowest BCUT2D eigenvalue weighted by Crippen LogP contribution is -2.62. The Morgan fingerprint density at radius 1 is 1.50 bits per heavy atom. The number of anilines is 1. The summed E-state index contributed by atoms with van der Waals surface area (Å²) in [6, 6.07) is 3.91. The molecule has 1 aliphatic heterocycles. The van der Waals surface area contributed by atoms with E-state index in [0.717, 1.165) is 25.1 Å². The summed E-state index contributed by atoms with van der Waals surface area (Å²) in [5, 5.41) is 2.06. The van der Waals surface area contributed by atoms with Gasteiger partial charge in [-0.15, -0.1) is 0 Å². The molecule has 0 aromatic carbocycles. The summed E-state index contributed by atoms with van der Waals surface area (Å²) in [6.45, 7) is 2.73. The van der Waals surface area contributed by atoms with Gasteiger partial charge in [-0.1, -0.05) is 0 Å². The van der Waals surface area contributed by atoms with Gasteiger partial charge < -0.3 is 5.01 Å². The van der Waals surface area contributed by atoms with Crippen molar-refractivity contribution in [1.29, 1.82) is 0 Å². The lowest BCUT2D eigenvalue weighted by Gasteiger charge is -2.42. The average molecular weight is 221 g/mol. The highest BCUT2D eigenvalue weighted by Gasteiger charge is 2.50. The van der Waals surface area contributed by atoms with Crippen molar-refractivity contribution in [3.05, 3.63) is 24.5 Å². The topological polar surface area (TPSA) is 28.2 Å². The van der Waals surface area contributed by atoms with Gasteiger partial charge in [0.2, 0.25) is 0 Å². The molecule has 2 heterocycles. The Kier molecular flexibility index (Phi) is 2.14.